The molecule has 1 unspecified atom stereocenters. The molecule has 0 spiro atoms. The van der Waals surface area contributed by atoms with E-state index in [1.54, 1.807) is 49.4 Å². The first kappa shape index (κ1) is 19.8. The highest BCUT2D eigenvalue weighted by Gasteiger charge is 2.29. The van der Waals surface area contributed by atoms with Gasteiger partial charge in [-0.15, -0.1) is 0 Å². The van der Waals surface area contributed by atoms with Crippen LogP contribution in [0.4, 0.5) is 11.4 Å². The fraction of sp³-hybridized carbons (Fsp3) is 0.316. The molecule has 2 aromatic rings. The third-order valence-corrected chi connectivity index (χ3v) is 5.00. The summed E-state index contributed by atoms with van der Waals surface area (Å²) in [5.41, 5.74) is 1.91. The standard InChI is InChI=1S/C19H24N2O4S/c1-5-25-18-11-7-9-16(13-18)20-19(22)15(3)21(26(4,23)24)17-10-6-8-14(2)12-17/h6-13,15H,5H2,1-4H3,(H,20,22). The van der Waals surface area contributed by atoms with Crippen molar-refractivity contribution in [1.29, 1.82) is 0 Å². The molecule has 2 aromatic carbocycles. The van der Waals surface area contributed by atoms with Crippen LogP contribution in [0.5, 0.6) is 5.75 Å². The quantitative estimate of drug-likeness (QED) is 0.805. The number of benzene rings is 2. The number of carbonyl (C=O) groups excluding carboxylic acids is 1. The number of aryl methyl sites for hydroxylation is 1. The number of carbonyl (C=O) groups is 1. The first-order valence-electron chi connectivity index (χ1n) is 8.32. The van der Waals surface area contributed by atoms with Gasteiger partial charge in [0.15, 0.2) is 0 Å². The molecule has 0 saturated carbocycles. The average molecular weight is 376 g/mol. The molecule has 2 rings (SSSR count). The molecule has 0 aromatic heterocycles. The first-order chi connectivity index (χ1) is 12.2. The summed E-state index contributed by atoms with van der Waals surface area (Å²) in [6, 6.07) is 13.1. The molecule has 0 heterocycles. The number of rotatable bonds is 7. The van der Waals surface area contributed by atoms with Gasteiger partial charge < -0.3 is 10.1 Å². The minimum atomic E-state index is -3.64. The number of anilines is 2. The average Bonchev–Trinajstić information content (AvgIpc) is 2.54. The molecule has 26 heavy (non-hydrogen) atoms. The van der Waals surface area contributed by atoms with Gasteiger partial charge in [0.05, 0.1) is 18.6 Å². The monoisotopic (exact) mass is 376 g/mol. The normalized spacial score (nSPS) is 12.3. The van der Waals surface area contributed by atoms with Gasteiger partial charge in [0.2, 0.25) is 15.9 Å². The van der Waals surface area contributed by atoms with Crippen LogP contribution in [0, 0.1) is 6.92 Å². The molecule has 1 amide bonds. The van der Waals surface area contributed by atoms with Crippen LogP contribution in [0.15, 0.2) is 48.5 Å². The molecule has 0 saturated heterocycles. The number of nitrogens with one attached hydrogen (secondary N) is 1. The van der Waals surface area contributed by atoms with Crippen LogP contribution < -0.4 is 14.4 Å². The van der Waals surface area contributed by atoms with Crippen molar-refractivity contribution in [2.45, 2.75) is 26.8 Å². The van der Waals surface area contributed by atoms with Gasteiger partial charge >= 0.3 is 0 Å². The van der Waals surface area contributed by atoms with E-state index in [0.29, 0.717) is 23.7 Å². The van der Waals surface area contributed by atoms with Gasteiger partial charge in [-0.25, -0.2) is 8.42 Å². The number of hydrogen-bond donors (Lipinski definition) is 1. The molecular formula is C19H24N2O4S. The van der Waals surface area contributed by atoms with Crippen LogP contribution in [0.1, 0.15) is 19.4 Å². The first-order valence-corrected chi connectivity index (χ1v) is 10.2. The summed E-state index contributed by atoms with van der Waals surface area (Å²) in [6.45, 7) is 5.82. The van der Waals surface area contributed by atoms with Crippen LogP contribution in [-0.2, 0) is 14.8 Å². The molecule has 6 nitrogen and oxygen atoms in total. The topological polar surface area (TPSA) is 75.7 Å². The summed E-state index contributed by atoms with van der Waals surface area (Å²) in [7, 11) is -3.64. The Kier molecular flexibility index (Phi) is 6.26. The maximum atomic E-state index is 12.7. The van der Waals surface area contributed by atoms with Gasteiger partial charge in [-0.2, -0.15) is 0 Å². The second-order valence-corrected chi connectivity index (χ2v) is 7.88. The number of amides is 1. The largest absolute Gasteiger partial charge is 0.494 e. The molecule has 0 aliphatic rings. The Bertz CT molecular complexity index is 881. The van der Waals surface area contributed by atoms with E-state index in [0.717, 1.165) is 16.1 Å². The molecule has 0 fully saturated rings. The summed E-state index contributed by atoms with van der Waals surface area (Å²) in [5, 5.41) is 2.75. The molecule has 0 aliphatic carbocycles. The smallest absolute Gasteiger partial charge is 0.247 e. The van der Waals surface area contributed by atoms with Crippen molar-refractivity contribution in [1.82, 2.24) is 0 Å². The van der Waals surface area contributed by atoms with E-state index in [9.17, 15) is 13.2 Å². The lowest BCUT2D eigenvalue weighted by Gasteiger charge is -2.28. The van der Waals surface area contributed by atoms with E-state index < -0.39 is 22.0 Å². The molecule has 0 aliphatic heterocycles. The van der Waals surface area contributed by atoms with E-state index in [1.165, 1.54) is 0 Å². The van der Waals surface area contributed by atoms with Crippen molar-refractivity contribution in [3.05, 3.63) is 54.1 Å². The van der Waals surface area contributed by atoms with Crippen LogP contribution in [0.2, 0.25) is 0 Å². The van der Waals surface area contributed by atoms with Crippen molar-refractivity contribution >= 4 is 27.3 Å². The second kappa shape index (κ2) is 8.23. The lowest BCUT2D eigenvalue weighted by atomic mass is 10.2. The molecule has 140 valence electrons. The third kappa shape index (κ3) is 4.98. The summed E-state index contributed by atoms with van der Waals surface area (Å²) >= 11 is 0. The van der Waals surface area contributed by atoms with Gasteiger partial charge in [-0.05, 0) is 50.6 Å². The maximum Gasteiger partial charge on any atom is 0.247 e. The fourth-order valence-corrected chi connectivity index (χ4v) is 3.82. The molecule has 1 atom stereocenters. The predicted octanol–water partition coefficient (Wildman–Crippen LogP) is 3.19. The Hall–Kier alpha value is -2.54. The summed E-state index contributed by atoms with van der Waals surface area (Å²) in [4.78, 5) is 12.7. The molecule has 1 N–H and O–H groups in total. The van der Waals surface area contributed by atoms with E-state index in [4.69, 9.17) is 4.74 Å². The molecule has 0 radical (unpaired) electrons. The van der Waals surface area contributed by atoms with Crippen LogP contribution >= 0.6 is 0 Å². The van der Waals surface area contributed by atoms with Gasteiger partial charge in [-0.3, -0.25) is 9.10 Å². The zero-order valence-corrected chi connectivity index (χ0v) is 16.2. The van der Waals surface area contributed by atoms with Gasteiger partial charge in [0.1, 0.15) is 11.8 Å². The third-order valence-electron chi connectivity index (χ3n) is 3.76. The van der Waals surface area contributed by atoms with Crippen molar-refractivity contribution in [2.24, 2.45) is 0 Å². The molecule has 0 bridgehead atoms. The predicted molar refractivity (Wildman–Crippen MR) is 104 cm³/mol. The van der Waals surface area contributed by atoms with Crippen molar-refractivity contribution in [2.75, 3.05) is 22.5 Å². The number of ether oxygens (including phenoxy) is 1. The Labute approximate surface area is 154 Å². The number of nitrogens with zero attached hydrogens (tertiary/aromatic N) is 1. The lowest BCUT2D eigenvalue weighted by molar-refractivity contribution is -0.116. The van der Waals surface area contributed by atoms with Crippen LogP contribution in [0.25, 0.3) is 0 Å². The number of sulfonamides is 1. The number of hydrogen-bond acceptors (Lipinski definition) is 4. The maximum absolute atomic E-state index is 12.7. The van der Waals surface area contributed by atoms with Crippen molar-refractivity contribution in [3.8, 4) is 5.75 Å². The fourth-order valence-electron chi connectivity index (χ4n) is 2.65. The highest BCUT2D eigenvalue weighted by Crippen LogP contribution is 2.23. The van der Waals surface area contributed by atoms with E-state index in [-0.39, 0.29) is 0 Å². The minimum absolute atomic E-state index is 0.425. The summed E-state index contributed by atoms with van der Waals surface area (Å²) < 4.78 is 31.2. The Morgan fingerprint density at radius 3 is 2.50 bits per heavy atom. The zero-order valence-electron chi connectivity index (χ0n) is 15.4. The van der Waals surface area contributed by atoms with E-state index in [2.05, 4.69) is 5.32 Å². The highest BCUT2D eigenvalue weighted by molar-refractivity contribution is 7.92. The lowest BCUT2D eigenvalue weighted by Crippen LogP contribution is -2.45. The summed E-state index contributed by atoms with van der Waals surface area (Å²) in [5.74, 6) is 0.210. The Morgan fingerprint density at radius 1 is 1.19 bits per heavy atom. The van der Waals surface area contributed by atoms with Crippen molar-refractivity contribution < 1.29 is 17.9 Å². The highest BCUT2D eigenvalue weighted by atomic mass is 32.2. The van der Waals surface area contributed by atoms with Gasteiger partial charge in [0.25, 0.3) is 0 Å². The Morgan fingerprint density at radius 2 is 1.88 bits per heavy atom. The van der Waals surface area contributed by atoms with Crippen LogP contribution in [-0.4, -0.2) is 33.2 Å². The van der Waals surface area contributed by atoms with Crippen molar-refractivity contribution in [3.63, 3.8) is 0 Å². The van der Waals surface area contributed by atoms with Crippen LogP contribution in [0.3, 0.4) is 0 Å². The summed E-state index contributed by atoms with van der Waals surface area (Å²) in [6.07, 6.45) is 1.09. The second-order valence-electron chi connectivity index (χ2n) is 6.02. The van der Waals surface area contributed by atoms with Gasteiger partial charge in [0, 0.05) is 11.8 Å². The minimum Gasteiger partial charge on any atom is -0.494 e. The van der Waals surface area contributed by atoms with E-state index >= 15 is 0 Å². The molecular weight excluding hydrogens is 352 g/mol. The Balaban J connectivity index is 2.27. The van der Waals surface area contributed by atoms with Gasteiger partial charge in [-0.1, -0.05) is 18.2 Å². The molecule has 7 heteroatoms. The SMILES string of the molecule is CCOc1cccc(NC(=O)C(C)N(c2cccc(C)c2)S(C)(=O)=O)c1. The van der Waals surface area contributed by atoms with E-state index in [1.807, 2.05) is 19.9 Å². The zero-order chi connectivity index (χ0) is 19.3.